The smallest absolute Gasteiger partial charge is 0.119 e. The van der Waals surface area contributed by atoms with E-state index in [4.69, 9.17) is 9.47 Å². The lowest BCUT2D eigenvalue weighted by Crippen LogP contribution is -2.28. The molecule has 0 spiro atoms. The van der Waals surface area contributed by atoms with Gasteiger partial charge in [-0.25, -0.2) is 0 Å². The third-order valence-corrected chi connectivity index (χ3v) is 4.36. The molecule has 0 aliphatic carbocycles. The number of benzene rings is 1. The molecule has 116 valence electrons. The predicted molar refractivity (Wildman–Crippen MR) is 85.3 cm³/mol. The van der Waals surface area contributed by atoms with Crippen LogP contribution in [0, 0.1) is 12.8 Å². The minimum absolute atomic E-state index is 0.557. The van der Waals surface area contributed by atoms with Gasteiger partial charge in [0.05, 0.1) is 13.2 Å². The molecular formula is C17H26N2O2. The molecule has 1 N–H and O–H groups in total. The van der Waals surface area contributed by atoms with Crippen LogP contribution in [-0.2, 0) is 4.74 Å². The van der Waals surface area contributed by atoms with Gasteiger partial charge in [0.15, 0.2) is 0 Å². The van der Waals surface area contributed by atoms with Crippen molar-refractivity contribution in [1.29, 1.82) is 0 Å². The van der Waals surface area contributed by atoms with Crippen LogP contribution in [0.5, 0.6) is 5.75 Å². The van der Waals surface area contributed by atoms with Crippen LogP contribution in [0.4, 0.5) is 5.69 Å². The maximum absolute atomic E-state index is 5.93. The molecule has 1 atom stereocenters. The van der Waals surface area contributed by atoms with Gasteiger partial charge in [0.25, 0.3) is 0 Å². The first kappa shape index (κ1) is 14.7. The first-order valence-electron chi connectivity index (χ1n) is 8.10. The van der Waals surface area contributed by atoms with Crippen LogP contribution < -0.4 is 15.0 Å². The Bertz CT molecular complexity index is 450. The fourth-order valence-electron chi connectivity index (χ4n) is 3.09. The summed E-state index contributed by atoms with van der Waals surface area (Å²) in [7, 11) is 0. The second kappa shape index (κ2) is 7.14. The minimum atomic E-state index is 0.557. The van der Waals surface area contributed by atoms with E-state index in [9.17, 15) is 0 Å². The molecule has 4 heteroatoms. The molecule has 2 saturated heterocycles. The molecule has 0 bridgehead atoms. The van der Waals surface area contributed by atoms with Gasteiger partial charge < -0.3 is 19.7 Å². The zero-order valence-electron chi connectivity index (χ0n) is 12.9. The van der Waals surface area contributed by atoms with Gasteiger partial charge >= 0.3 is 0 Å². The van der Waals surface area contributed by atoms with Gasteiger partial charge in [-0.3, -0.25) is 0 Å². The summed E-state index contributed by atoms with van der Waals surface area (Å²) in [6.07, 6.45) is 2.33. The molecule has 1 aromatic rings. The molecule has 0 saturated carbocycles. The summed E-state index contributed by atoms with van der Waals surface area (Å²) < 4.78 is 11.3. The van der Waals surface area contributed by atoms with Gasteiger partial charge in [0.1, 0.15) is 5.75 Å². The molecule has 21 heavy (non-hydrogen) atoms. The van der Waals surface area contributed by atoms with Gasteiger partial charge in [-0.2, -0.15) is 0 Å². The Kier molecular flexibility index (Phi) is 4.99. The molecule has 1 unspecified atom stereocenters. The average Bonchev–Trinajstić information content (AvgIpc) is 2.87. The third kappa shape index (κ3) is 3.89. The quantitative estimate of drug-likeness (QED) is 0.922. The van der Waals surface area contributed by atoms with E-state index < -0.39 is 0 Å². The van der Waals surface area contributed by atoms with E-state index in [1.165, 1.54) is 17.7 Å². The van der Waals surface area contributed by atoms with Gasteiger partial charge in [0, 0.05) is 37.8 Å². The van der Waals surface area contributed by atoms with Crippen molar-refractivity contribution in [3.05, 3.63) is 23.8 Å². The van der Waals surface area contributed by atoms with E-state index in [1.807, 2.05) is 0 Å². The van der Waals surface area contributed by atoms with Crippen LogP contribution >= 0.6 is 0 Å². The zero-order chi connectivity index (χ0) is 14.5. The maximum Gasteiger partial charge on any atom is 0.119 e. The molecule has 4 nitrogen and oxygen atoms in total. The monoisotopic (exact) mass is 290 g/mol. The van der Waals surface area contributed by atoms with Crippen LogP contribution in [0.2, 0.25) is 0 Å². The molecule has 2 aliphatic rings. The number of rotatable bonds is 4. The van der Waals surface area contributed by atoms with E-state index in [0.717, 1.165) is 58.2 Å². The number of hydrogen-bond donors (Lipinski definition) is 1. The topological polar surface area (TPSA) is 33.7 Å². The van der Waals surface area contributed by atoms with Crippen molar-refractivity contribution in [2.45, 2.75) is 19.8 Å². The van der Waals surface area contributed by atoms with Gasteiger partial charge in [0.2, 0.25) is 0 Å². The van der Waals surface area contributed by atoms with Crippen LogP contribution in [0.25, 0.3) is 0 Å². The lowest BCUT2D eigenvalue weighted by molar-refractivity contribution is 0.167. The van der Waals surface area contributed by atoms with Crippen LogP contribution in [0.3, 0.4) is 0 Å². The number of anilines is 1. The highest BCUT2D eigenvalue weighted by Crippen LogP contribution is 2.26. The fourth-order valence-corrected chi connectivity index (χ4v) is 3.09. The Balaban J connectivity index is 1.61. The van der Waals surface area contributed by atoms with E-state index in [-0.39, 0.29) is 0 Å². The van der Waals surface area contributed by atoms with E-state index in [2.05, 4.69) is 35.3 Å². The van der Waals surface area contributed by atoms with Gasteiger partial charge in [-0.15, -0.1) is 0 Å². The number of hydrogen-bond acceptors (Lipinski definition) is 4. The van der Waals surface area contributed by atoms with Crippen molar-refractivity contribution in [1.82, 2.24) is 5.32 Å². The van der Waals surface area contributed by atoms with Crippen LogP contribution in [0.15, 0.2) is 18.2 Å². The second-order valence-electron chi connectivity index (χ2n) is 6.08. The zero-order valence-corrected chi connectivity index (χ0v) is 12.9. The highest BCUT2D eigenvalue weighted by molar-refractivity contribution is 5.56. The van der Waals surface area contributed by atoms with Crippen molar-refractivity contribution >= 4 is 5.69 Å². The lowest BCUT2D eigenvalue weighted by Gasteiger charge is -2.24. The summed E-state index contributed by atoms with van der Waals surface area (Å²) in [6, 6.07) is 6.49. The van der Waals surface area contributed by atoms with Crippen LogP contribution in [-0.4, -0.2) is 46.0 Å². The lowest BCUT2D eigenvalue weighted by atomic mass is 10.1. The highest BCUT2D eigenvalue weighted by Gasteiger charge is 2.17. The molecule has 0 radical (unpaired) electrons. The summed E-state index contributed by atoms with van der Waals surface area (Å²) in [5.74, 6) is 1.54. The summed E-state index contributed by atoms with van der Waals surface area (Å²) in [6.45, 7) is 9.09. The Morgan fingerprint density at radius 1 is 1.33 bits per heavy atom. The summed E-state index contributed by atoms with van der Waals surface area (Å²) in [5, 5.41) is 3.45. The van der Waals surface area contributed by atoms with Crippen molar-refractivity contribution in [3.8, 4) is 5.75 Å². The fraction of sp³-hybridized carbons (Fsp3) is 0.647. The van der Waals surface area contributed by atoms with Crippen LogP contribution in [0.1, 0.15) is 18.4 Å². The number of nitrogens with one attached hydrogen (secondary N) is 1. The molecule has 3 rings (SSSR count). The molecular weight excluding hydrogens is 264 g/mol. The van der Waals surface area contributed by atoms with Gasteiger partial charge in [-0.1, -0.05) is 0 Å². The minimum Gasteiger partial charge on any atom is -0.493 e. The molecule has 2 aliphatic heterocycles. The molecule has 0 amide bonds. The predicted octanol–water partition coefficient (Wildman–Crippen LogP) is 2.21. The summed E-state index contributed by atoms with van der Waals surface area (Å²) >= 11 is 0. The SMILES string of the molecule is Cc1cc(OCC2CCOC2)ccc1N1CCCNCC1. The highest BCUT2D eigenvalue weighted by atomic mass is 16.5. The normalized spacial score (nSPS) is 23.1. The van der Waals surface area contributed by atoms with Crippen molar-refractivity contribution in [3.63, 3.8) is 0 Å². The second-order valence-corrected chi connectivity index (χ2v) is 6.08. The first-order chi connectivity index (χ1) is 10.3. The van der Waals surface area contributed by atoms with E-state index in [0.29, 0.717) is 5.92 Å². The number of ether oxygens (including phenoxy) is 2. The third-order valence-electron chi connectivity index (χ3n) is 4.36. The molecule has 1 aromatic carbocycles. The Morgan fingerprint density at radius 2 is 2.29 bits per heavy atom. The van der Waals surface area contributed by atoms with Crippen molar-refractivity contribution < 1.29 is 9.47 Å². The van der Waals surface area contributed by atoms with Crippen molar-refractivity contribution in [2.75, 3.05) is 50.9 Å². The largest absolute Gasteiger partial charge is 0.493 e. The standard InChI is InChI=1S/C17H26N2O2/c1-14-11-16(21-13-15-5-10-20-12-15)3-4-17(14)19-8-2-6-18-7-9-19/h3-4,11,15,18H,2,5-10,12-13H2,1H3. The Hall–Kier alpha value is -1.26. The maximum atomic E-state index is 5.93. The Morgan fingerprint density at radius 3 is 3.10 bits per heavy atom. The first-order valence-corrected chi connectivity index (χ1v) is 8.10. The molecule has 2 fully saturated rings. The summed E-state index contributed by atoms with van der Waals surface area (Å²) in [4.78, 5) is 2.48. The average molecular weight is 290 g/mol. The molecule has 2 heterocycles. The molecule has 0 aromatic heterocycles. The van der Waals surface area contributed by atoms with E-state index in [1.54, 1.807) is 0 Å². The van der Waals surface area contributed by atoms with Gasteiger partial charge in [-0.05, 0) is 50.1 Å². The number of aryl methyl sites for hydroxylation is 1. The number of nitrogens with zero attached hydrogens (tertiary/aromatic N) is 1. The van der Waals surface area contributed by atoms with Crippen molar-refractivity contribution in [2.24, 2.45) is 5.92 Å². The Labute approximate surface area is 127 Å². The van der Waals surface area contributed by atoms with E-state index >= 15 is 0 Å². The summed E-state index contributed by atoms with van der Waals surface area (Å²) in [5.41, 5.74) is 2.65.